The van der Waals surface area contributed by atoms with Crippen molar-refractivity contribution in [1.29, 1.82) is 0 Å². The minimum absolute atomic E-state index is 0.577. The summed E-state index contributed by atoms with van der Waals surface area (Å²) in [5, 5.41) is 4.77. The van der Waals surface area contributed by atoms with Crippen molar-refractivity contribution in [3.63, 3.8) is 0 Å². The first kappa shape index (κ1) is 8.70. The van der Waals surface area contributed by atoms with E-state index in [1.54, 1.807) is 0 Å². The van der Waals surface area contributed by atoms with Crippen LogP contribution in [0.2, 0.25) is 0 Å². The lowest BCUT2D eigenvalue weighted by molar-refractivity contribution is 0.768. The zero-order valence-electron chi connectivity index (χ0n) is 6.96. The normalized spacial score (nSPS) is 11.5. The van der Waals surface area contributed by atoms with E-state index in [1.807, 2.05) is 6.07 Å². The molecule has 0 fully saturated rings. The van der Waals surface area contributed by atoms with Gasteiger partial charge in [0.2, 0.25) is 0 Å². The topological polar surface area (TPSA) is 12.0 Å². The first-order chi connectivity index (χ1) is 5.29. The molecular weight excluding hydrogens is 153 g/mol. The summed E-state index contributed by atoms with van der Waals surface area (Å²) < 4.78 is 0. The van der Waals surface area contributed by atoms with Crippen molar-refractivity contribution in [2.45, 2.75) is 19.9 Å². The Kier molecular flexibility index (Phi) is 3.55. The molecule has 0 aliphatic carbocycles. The first-order valence-corrected chi connectivity index (χ1v) is 4.85. The van der Waals surface area contributed by atoms with Gasteiger partial charge in [0.05, 0.1) is 0 Å². The third-order valence-corrected chi connectivity index (χ3v) is 2.62. The lowest BCUT2D eigenvalue weighted by Crippen LogP contribution is -2.15. The van der Waals surface area contributed by atoms with Gasteiger partial charge in [-0.2, -0.15) is 0 Å². The molecule has 0 amide bonds. The summed E-state index contributed by atoms with van der Waals surface area (Å²) in [6.07, 6.45) is 0. The Bertz CT molecular complexity index is 196. The lowest BCUT2D eigenvalue weighted by Gasteiger charge is -2.06. The average Bonchev–Trinajstić information content (AvgIpc) is 2.03. The predicted molar refractivity (Wildman–Crippen MR) is 52.7 cm³/mol. The summed E-state index contributed by atoms with van der Waals surface area (Å²) in [6.45, 7) is 4.33. The van der Waals surface area contributed by atoms with Crippen molar-refractivity contribution < 1.29 is 0 Å². The van der Waals surface area contributed by atoms with Crippen LogP contribution >= 0.6 is 8.73 Å². The van der Waals surface area contributed by atoms with E-state index in [0.29, 0.717) is 6.04 Å². The fraction of sp³-hybridized carbons (Fsp3) is 0.333. The minimum Gasteiger partial charge on any atom is -0.292 e. The second-order valence-electron chi connectivity index (χ2n) is 2.79. The van der Waals surface area contributed by atoms with Gasteiger partial charge >= 0.3 is 0 Å². The molecule has 0 aliphatic rings. The third kappa shape index (κ3) is 3.50. The van der Waals surface area contributed by atoms with Crippen LogP contribution in [0.5, 0.6) is 0 Å². The van der Waals surface area contributed by atoms with Crippen LogP contribution in [0, 0.1) is 0 Å². The molecule has 2 heteroatoms. The Morgan fingerprint density at radius 2 is 1.82 bits per heavy atom. The van der Waals surface area contributed by atoms with Crippen molar-refractivity contribution in [3.8, 4) is 0 Å². The summed E-state index contributed by atoms with van der Waals surface area (Å²) in [6, 6.07) is 11.1. The van der Waals surface area contributed by atoms with Crippen LogP contribution < -0.4 is 10.4 Å². The average molecular weight is 167 g/mol. The highest BCUT2D eigenvalue weighted by atomic mass is 31.1. The van der Waals surface area contributed by atoms with Crippen molar-refractivity contribution in [3.05, 3.63) is 30.3 Å². The highest BCUT2D eigenvalue weighted by Gasteiger charge is 1.92. The fourth-order valence-corrected chi connectivity index (χ4v) is 1.56. The summed E-state index contributed by atoms with van der Waals surface area (Å²) >= 11 is 0. The van der Waals surface area contributed by atoms with Crippen molar-refractivity contribution in [2.24, 2.45) is 0 Å². The SMILES string of the molecule is CC(C)NPc1ccccc1. The molecule has 1 N–H and O–H groups in total. The largest absolute Gasteiger partial charge is 0.292 e. The maximum atomic E-state index is 3.39. The lowest BCUT2D eigenvalue weighted by atomic mass is 10.4. The van der Waals surface area contributed by atoms with Gasteiger partial charge < -0.3 is 0 Å². The Balaban J connectivity index is 2.39. The molecule has 0 bridgehead atoms. The van der Waals surface area contributed by atoms with Crippen LogP contribution in [0.4, 0.5) is 0 Å². The maximum Gasteiger partial charge on any atom is 0.00473 e. The second kappa shape index (κ2) is 4.48. The van der Waals surface area contributed by atoms with Crippen molar-refractivity contribution >= 4 is 14.0 Å². The van der Waals surface area contributed by atoms with E-state index in [2.05, 4.69) is 43.2 Å². The van der Waals surface area contributed by atoms with E-state index >= 15 is 0 Å². The van der Waals surface area contributed by atoms with Gasteiger partial charge in [-0.25, -0.2) is 0 Å². The number of rotatable bonds is 3. The number of nitrogens with one attached hydrogen (secondary N) is 1. The Morgan fingerprint density at radius 3 is 2.36 bits per heavy atom. The van der Waals surface area contributed by atoms with Gasteiger partial charge in [0.15, 0.2) is 0 Å². The summed E-state index contributed by atoms with van der Waals surface area (Å²) in [5.41, 5.74) is 0. The molecule has 1 atom stereocenters. The van der Waals surface area contributed by atoms with Gasteiger partial charge in [-0.15, -0.1) is 0 Å². The van der Waals surface area contributed by atoms with Gasteiger partial charge in [-0.05, 0) is 27.9 Å². The summed E-state index contributed by atoms with van der Waals surface area (Å²) in [5.74, 6) is 0. The van der Waals surface area contributed by atoms with E-state index in [4.69, 9.17) is 0 Å². The quantitative estimate of drug-likeness (QED) is 0.678. The molecule has 11 heavy (non-hydrogen) atoms. The molecule has 0 spiro atoms. The standard InChI is InChI=1S/C9H14NP/c1-8(2)10-11-9-6-4-3-5-7-9/h3-8,10-11H,1-2H3. The zero-order chi connectivity index (χ0) is 8.10. The molecule has 0 aliphatic heterocycles. The summed E-state index contributed by atoms with van der Waals surface area (Å²) in [7, 11) is 0.735. The Labute approximate surface area is 70.0 Å². The molecule has 0 heterocycles. The molecule has 1 aromatic rings. The van der Waals surface area contributed by atoms with Crippen LogP contribution in [-0.2, 0) is 0 Å². The molecule has 0 aromatic heterocycles. The Hall–Kier alpha value is -0.390. The van der Waals surface area contributed by atoms with Crippen molar-refractivity contribution in [1.82, 2.24) is 5.09 Å². The zero-order valence-corrected chi connectivity index (χ0v) is 7.96. The first-order valence-electron chi connectivity index (χ1n) is 3.85. The van der Waals surface area contributed by atoms with E-state index in [9.17, 15) is 0 Å². The van der Waals surface area contributed by atoms with Gasteiger partial charge in [-0.3, -0.25) is 5.09 Å². The molecule has 1 unspecified atom stereocenters. The molecule has 0 saturated heterocycles. The van der Waals surface area contributed by atoms with Crippen LogP contribution in [0.1, 0.15) is 13.8 Å². The second-order valence-corrected chi connectivity index (χ2v) is 3.91. The fourth-order valence-electron chi connectivity index (χ4n) is 0.749. The monoisotopic (exact) mass is 167 g/mol. The van der Waals surface area contributed by atoms with Gasteiger partial charge in [-0.1, -0.05) is 30.3 Å². The van der Waals surface area contributed by atoms with E-state index < -0.39 is 0 Å². The molecule has 1 aromatic carbocycles. The number of hydrogen-bond donors (Lipinski definition) is 1. The molecule has 1 nitrogen and oxygen atoms in total. The molecule has 60 valence electrons. The minimum atomic E-state index is 0.577. The molecular formula is C9H14NP. The smallest absolute Gasteiger partial charge is 0.00473 e. The van der Waals surface area contributed by atoms with Gasteiger partial charge in [0.1, 0.15) is 0 Å². The van der Waals surface area contributed by atoms with Crippen LogP contribution in [-0.4, -0.2) is 6.04 Å². The number of benzene rings is 1. The molecule has 1 rings (SSSR count). The number of hydrogen-bond acceptors (Lipinski definition) is 1. The highest BCUT2D eigenvalue weighted by molar-refractivity contribution is 7.45. The molecule has 0 saturated carbocycles. The van der Waals surface area contributed by atoms with E-state index in [1.165, 1.54) is 5.30 Å². The van der Waals surface area contributed by atoms with E-state index in [-0.39, 0.29) is 0 Å². The highest BCUT2D eigenvalue weighted by Crippen LogP contribution is 2.04. The predicted octanol–water partition coefficient (Wildman–Crippen LogP) is 1.90. The van der Waals surface area contributed by atoms with E-state index in [0.717, 1.165) is 8.73 Å². The van der Waals surface area contributed by atoms with Crippen LogP contribution in [0.15, 0.2) is 30.3 Å². The maximum absolute atomic E-state index is 3.39. The van der Waals surface area contributed by atoms with Crippen molar-refractivity contribution in [2.75, 3.05) is 0 Å². The van der Waals surface area contributed by atoms with Gasteiger partial charge in [0.25, 0.3) is 0 Å². The third-order valence-electron chi connectivity index (χ3n) is 1.28. The summed E-state index contributed by atoms with van der Waals surface area (Å²) in [4.78, 5) is 0. The Morgan fingerprint density at radius 1 is 1.18 bits per heavy atom. The van der Waals surface area contributed by atoms with Gasteiger partial charge in [0, 0.05) is 6.04 Å². The van der Waals surface area contributed by atoms with Crippen LogP contribution in [0.25, 0.3) is 0 Å². The van der Waals surface area contributed by atoms with Crippen LogP contribution in [0.3, 0.4) is 0 Å². The molecule has 0 radical (unpaired) electrons.